The summed E-state index contributed by atoms with van der Waals surface area (Å²) in [6.07, 6.45) is 7.46. The first-order valence-corrected chi connectivity index (χ1v) is 2.83. The lowest BCUT2D eigenvalue weighted by atomic mass is 10.6. The van der Waals surface area contributed by atoms with Crippen molar-refractivity contribution in [3.8, 4) is 12.3 Å². The standard InChI is InChI=1S/C6H5N3O2/c1-2-3-8-5-7-4-6(8)9(10)11/h1,4-5H,3H2. The van der Waals surface area contributed by atoms with Gasteiger partial charge in [-0.15, -0.1) is 6.42 Å². The van der Waals surface area contributed by atoms with Gasteiger partial charge in [-0.2, -0.15) is 0 Å². The number of rotatable bonds is 2. The minimum Gasteiger partial charge on any atom is -0.358 e. The molecule has 1 aromatic rings. The molecule has 0 unspecified atom stereocenters. The summed E-state index contributed by atoms with van der Waals surface area (Å²) < 4.78 is 1.29. The first kappa shape index (κ1) is 7.28. The number of nitrogens with zero attached hydrogens (tertiary/aromatic N) is 3. The average Bonchev–Trinajstić information content (AvgIpc) is 2.36. The van der Waals surface area contributed by atoms with Crippen LogP contribution in [0.5, 0.6) is 0 Å². The summed E-state index contributed by atoms with van der Waals surface area (Å²) in [6, 6.07) is 0. The van der Waals surface area contributed by atoms with Crippen LogP contribution in [0.25, 0.3) is 0 Å². The van der Waals surface area contributed by atoms with Crippen LogP contribution in [0.2, 0.25) is 0 Å². The lowest BCUT2D eigenvalue weighted by Crippen LogP contribution is -1.99. The lowest BCUT2D eigenvalue weighted by Gasteiger charge is -1.93. The van der Waals surface area contributed by atoms with Gasteiger partial charge in [-0.25, -0.2) is 9.55 Å². The lowest BCUT2D eigenvalue weighted by molar-refractivity contribution is -0.392. The molecular formula is C6H5N3O2. The largest absolute Gasteiger partial charge is 0.358 e. The van der Waals surface area contributed by atoms with Gasteiger partial charge in [0.1, 0.15) is 6.20 Å². The second-order valence-corrected chi connectivity index (χ2v) is 1.84. The highest BCUT2D eigenvalue weighted by atomic mass is 16.6. The number of aromatic nitrogens is 2. The second kappa shape index (κ2) is 2.84. The molecule has 0 aliphatic carbocycles. The van der Waals surface area contributed by atoms with Crippen molar-refractivity contribution in [1.82, 2.24) is 9.55 Å². The van der Waals surface area contributed by atoms with E-state index in [1.165, 1.54) is 10.9 Å². The highest BCUT2D eigenvalue weighted by molar-refractivity contribution is 5.15. The van der Waals surface area contributed by atoms with E-state index in [1.54, 1.807) is 0 Å². The van der Waals surface area contributed by atoms with E-state index < -0.39 is 4.92 Å². The van der Waals surface area contributed by atoms with E-state index in [0.29, 0.717) is 0 Å². The van der Waals surface area contributed by atoms with Crippen molar-refractivity contribution in [2.45, 2.75) is 6.54 Å². The summed E-state index contributed by atoms with van der Waals surface area (Å²) in [5.41, 5.74) is 0. The normalized spacial score (nSPS) is 9.00. The Labute approximate surface area is 62.8 Å². The van der Waals surface area contributed by atoms with Crippen molar-refractivity contribution in [3.63, 3.8) is 0 Å². The maximum absolute atomic E-state index is 10.2. The summed E-state index contributed by atoms with van der Waals surface area (Å²) >= 11 is 0. The minimum absolute atomic E-state index is 0.0806. The third kappa shape index (κ3) is 1.35. The van der Waals surface area contributed by atoms with Crippen LogP contribution in [0.4, 0.5) is 5.82 Å². The van der Waals surface area contributed by atoms with Crippen molar-refractivity contribution >= 4 is 5.82 Å². The second-order valence-electron chi connectivity index (χ2n) is 1.84. The van der Waals surface area contributed by atoms with Crippen LogP contribution < -0.4 is 0 Å². The number of hydrogen-bond donors (Lipinski definition) is 0. The highest BCUT2D eigenvalue weighted by Gasteiger charge is 2.10. The SMILES string of the molecule is C#CCn1cncc1[N+](=O)[O-]. The van der Waals surface area contributed by atoms with E-state index in [9.17, 15) is 10.1 Å². The summed E-state index contributed by atoms with van der Waals surface area (Å²) in [4.78, 5) is 13.3. The van der Waals surface area contributed by atoms with Gasteiger partial charge in [0.05, 0.1) is 0 Å². The predicted octanol–water partition coefficient (Wildman–Crippen LogP) is 0.424. The van der Waals surface area contributed by atoms with Gasteiger partial charge in [-0.3, -0.25) is 0 Å². The molecule has 5 heteroatoms. The Morgan fingerprint density at radius 1 is 1.91 bits per heavy atom. The maximum Gasteiger partial charge on any atom is 0.343 e. The summed E-state index contributed by atoms with van der Waals surface area (Å²) in [7, 11) is 0. The van der Waals surface area contributed by atoms with Gasteiger partial charge in [0.2, 0.25) is 0 Å². The van der Waals surface area contributed by atoms with Crippen LogP contribution in [-0.2, 0) is 6.54 Å². The first-order chi connectivity index (χ1) is 5.25. The van der Waals surface area contributed by atoms with E-state index in [-0.39, 0.29) is 12.4 Å². The highest BCUT2D eigenvalue weighted by Crippen LogP contribution is 2.07. The van der Waals surface area contributed by atoms with Crippen molar-refractivity contribution in [2.24, 2.45) is 0 Å². The molecule has 0 atom stereocenters. The Morgan fingerprint density at radius 2 is 2.64 bits per heavy atom. The van der Waals surface area contributed by atoms with Crippen LogP contribution in [-0.4, -0.2) is 14.5 Å². The van der Waals surface area contributed by atoms with Gasteiger partial charge in [0.25, 0.3) is 0 Å². The quantitative estimate of drug-likeness (QED) is 0.349. The molecule has 0 aliphatic heterocycles. The fourth-order valence-corrected chi connectivity index (χ4v) is 0.686. The first-order valence-electron chi connectivity index (χ1n) is 2.83. The predicted molar refractivity (Wildman–Crippen MR) is 37.7 cm³/mol. The van der Waals surface area contributed by atoms with Crippen molar-refractivity contribution in [3.05, 3.63) is 22.6 Å². The third-order valence-electron chi connectivity index (χ3n) is 1.14. The number of terminal acetylenes is 1. The Bertz CT molecular complexity index is 310. The zero-order valence-corrected chi connectivity index (χ0v) is 5.60. The van der Waals surface area contributed by atoms with Crippen LogP contribution in [0.1, 0.15) is 0 Å². The molecule has 0 saturated heterocycles. The van der Waals surface area contributed by atoms with Crippen molar-refractivity contribution in [2.75, 3.05) is 0 Å². The molecular weight excluding hydrogens is 146 g/mol. The molecule has 1 aromatic heterocycles. The zero-order valence-electron chi connectivity index (χ0n) is 5.60. The Morgan fingerprint density at radius 3 is 3.18 bits per heavy atom. The van der Waals surface area contributed by atoms with Crippen LogP contribution in [0, 0.1) is 22.5 Å². The van der Waals surface area contributed by atoms with Crippen molar-refractivity contribution < 1.29 is 4.92 Å². The fourth-order valence-electron chi connectivity index (χ4n) is 0.686. The molecule has 11 heavy (non-hydrogen) atoms. The van der Waals surface area contributed by atoms with Gasteiger partial charge < -0.3 is 10.1 Å². The van der Waals surface area contributed by atoms with Gasteiger partial charge in [0.15, 0.2) is 12.9 Å². The average molecular weight is 151 g/mol. The van der Waals surface area contributed by atoms with Crippen LogP contribution in [0.3, 0.4) is 0 Å². The van der Waals surface area contributed by atoms with E-state index in [1.807, 2.05) is 0 Å². The summed E-state index contributed by atoms with van der Waals surface area (Å²) in [5.74, 6) is 2.20. The summed E-state index contributed by atoms with van der Waals surface area (Å²) in [6.45, 7) is 0.177. The molecule has 0 bridgehead atoms. The molecule has 0 fully saturated rings. The molecule has 56 valence electrons. The number of imidazole rings is 1. The van der Waals surface area contributed by atoms with Gasteiger partial charge >= 0.3 is 5.82 Å². The Balaban J connectivity index is 2.98. The molecule has 5 nitrogen and oxygen atoms in total. The molecule has 0 aromatic carbocycles. The van der Waals surface area contributed by atoms with Crippen LogP contribution in [0.15, 0.2) is 12.5 Å². The third-order valence-corrected chi connectivity index (χ3v) is 1.14. The molecule has 0 saturated carbocycles. The fraction of sp³-hybridized carbons (Fsp3) is 0.167. The molecule has 0 N–H and O–H groups in total. The molecule has 1 heterocycles. The smallest absolute Gasteiger partial charge is 0.343 e. The van der Waals surface area contributed by atoms with E-state index in [2.05, 4.69) is 10.9 Å². The van der Waals surface area contributed by atoms with Crippen LogP contribution >= 0.6 is 0 Å². The van der Waals surface area contributed by atoms with E-state index >= 15 is 0 Å². The monoisotopic (exact) mass is 151 g/mol. The zero-order chi connectivity index (χ0) is 8.27. The maximum atomic E-state index is 10.2. The molecule has 0 aliphatic rings. The van der Waals surface area contributed by atoms with Gasteiger partial charge in [0, 0.05) is 0 Å². The van der Waals surface area contributed by atoms with Gasteiger partial charge in [-0.05, 0) is 4.92 Å². The number of hydrogen-bond acceptors (Lipinski definition) is 3. The topological polar surface area (TPSA) is 61.0 Å². The minimum atomic E-state index is -0.523. The molecule has 0 radical (unpaired) electrons. The number of nitro groups is 1. The van der Waals surface area contributed by atoms with Crippen molar-refractivity contribution in [1.29, 1.82) is 0 Å². The van der Waals surface area contributed by atoms with E-state index in [0.717, 1.165) is 6.20 Å². The molecule has 1 rings (SSSR count). The van der Waals surface area contributed by atoms with Gasteiger partial charge in [-0.1, -0.05) is 5.92 Å². The Kier molecular flexibility index (Phi) is 1.88. The molecule has 0 spiro atoms. The van der Waals surface area contributed by atoms with E-state index in [4.69, 9.17) is 6.42 Å². The summed E-state index contributed by atoms with van der Waals surface area (Å²) in [5, 5.41) is 10.2. The molecule has 0 amide bonds. The Hall–Kier alpha value is -1.83.